The minimum absolute atomic E-state index is 0.0233. The maximum Gasteiger partial charge on any atom is 0.359 e. The van der Waals surface area contributed by atoms with Crippen LogP contribution in [0.2, 0.25) is 0 Å². The Morgan fingerprint density at radius 3 is 2.63 bits per heavy atom. The largest absolute Gasteiger partial charge is 0.483 e. The number of para-hydroxylation sites is 1. The second-order valence-electron chi connectivity index (χ2n) is 4.18. The highest BCUT2D eigenvalue weighted by Gasteiger charge is 2.22. The molecule has 7 heteroatoms. The molecule has 1 atom stereocenters. The Morgan fingerprint density at radius 2 is 2.05 bits per heavy atom. The second-order valence-corrected chi connectivity index (χ2v) is 5.75. The van der Waals surface area contributed by atoms with Crippen molar-refractivity contribution in [2.24, 2.45) is 0 Å². The molecule has 3 N–H and O–H groups in total. The van der Waals surface area contributed by atoms with E-state index >= 15 is 0 Å². The zero-order valence-corrected chi connectivity index (χ0v) is 11.8. The molecule has 1 aromatic carbocycles. The number of carbonyl (C=O) groups is 1. The van der Waals surface area contributed by atoms with Gasteiger partial charge in [-0.05, 0) is 25.5 Å². The minimum Gasteiger partial charge on any atom is -0.483 e. The Kier molecular flexibility index (Phi) is 5.54. The number of hydrogen-bond acceptors (Lipinski definition) is 3. The number of nitrogens with one attached hydrogen (secondary N) is 1. The van der Waals surface area contributed by atoms with Crippen LogP contribution in [0.25, 0.3) is 0 Å². The van der Waals surface area contributed by atoms with Crippen molar-refractivity contribution in [3.63, 3.8) is 0 Å². The third kappa shape index (κ3) is 5.03. The highest BCUT2D eigenvalue weighted by molar-refractivity contribution is 7.60. The van der Waals surface area contributed by atoms with E-state index in [4.69, 9.17) is 14.5 Å². The zero-order chi connectivity index (χ0) is 14.5. The van der Waals surface area contributed by atoms with Gasteiger partial charge in [0.2, 0.25) is 0 Å². The van der Waals surface area contributed by atoms with Crippen molar-refractivity contribution < 1.29 is 23.9 Å². The third-order valence-corrected chi connectivity index (χ3v) is 3.55. The average molecular weight is 287 g/mol. The van der Waals surface area contributed by atoms with Gasteiger partial charge in [-0.25, -0.2) is 0 Å². The summed E-state index contributed by atoms with van der Waals surface area (Å²) in [7, 11) is -4.41. The molecule has 0 radical (unpaired) electrons. The first kappa shape index (κ1) is 15.7. The lowest BCUT2D eigenvalue weighted by Gasteiger charge is -2.14. The molecule has 0 bridgehead atoms. The van der Waals surface area contributed by atoms with Gasteiger partial charge in [-0.2, -0.15) is 0 Å². The summed E-state index contributed by atoms with van der Waals surface area (Å²) in [6, 6.07) is 5.82. The first-order chi connectivity index (χ1) is 8.84. The van der Waals surface area contributed by atoms with Crippen LogP contribution in [0.3, 0.4) is 0 Å². The Hall–Kier alpha value is -1.36. The van der Waals surface area contributed by atoms with Gasteiger partial charge in [-0.1, -0.05) is 19.1 Å². The SMILES string of the molecule is CC[C@@H](C)NC(=O)COc1ccccc1P(=O)(O)O. The summed E-state index contributed by atoms with van der Waals surface area (Å²) in [6.07, 6.45) is 0.796. The van der Waals surface area contributed by atoms with Crippen molar-refractivity contribution in [2.45, 2.75) is 26.3 Å². The molecule has 0 aliphatic carbocycles. The van der Waals surface area contributed by atoms with E-state index in [0.29, 0.717) is 0 Å². The lowest BCUT2D eigenvalue weighted by molar-refractivity contribution is -0.123. The predicted octanol–water partition coefficient (Wildman–Crippen LogP) is 0.783. The van der Waals surface area contributed by atoms with Crippen LogP contribution in [0.1, 0.15) is 20.3 Å². The highest BCUT2D eigenvalue weighted by Crippen LogP contribution is 2.37. The molecule has 1 aromatic rings. The van der Waals surface area contributed by atoms with E-state index in [1.54, 1.807) is 6.07 Å². The Labute approximate surface area is 111 Å². The van der Waals surface area contributed by atoms with Gasteiger partial charge in [0.25, 0.3) is 5.91 Å². The molecule has 1 rings (SSSR count). The topological polar surface area (TPSA) is 95.9 Å². The van der Waals surface area contributed by atoms with E-state index < -0.39 is 7.60 Å². The molecule has 19 heavy (non-hydrogen) atoms. The van der Waals surface area contributed by atoms with Gasteiger partial charge in [-0.3, -0.25) is 9.36 Å². The summed E-state index contributed by atoms with van der Waals surface area (Å²) < 4.78 is 16.4. The Balaban J connectivity index is 2.69. The van der Waals surface area contributed by atoms with Gasteiger partial charge < -0.3 is 19.8 Å². The molecule has 0 spiro atoms. The van der Waals surface area contributed by atoms with Crippen molar-refractivity contribution in [1.82, 2.24) is 5.32 Å². The van der Waals surface area contributed by atoms with E-state index in [1.165, 1.54) is 18.2 Å². The molecule has 0 heterocycles. The van der Waals surface area contributed by atoms with Crippen molar-refractivity contribution in [3.8, 4) is 5.75 Å². The molecule has 1 amide bonds. The molecule has 0 aliphatic rings. The summed E-state index contributed by atoms with van der Waals surface area (Å²) >= 11 is 0. The molecule has 0 unspecified atom stereocenters. The fourth-order valence-electron chi connectivity index (χ4n) is 1.38. The first-order valence-electron chi connectivity index (χ1n) is 5.92. The van der Waals surface area contributed by atoms with E-state index in [1.807, 2.05) is 13.8 Å². The first-order valence-corrected chi connectivity index (χ1v) is 7.53. The van der Waals surface area contributed by atoms with E-state index in [-0.39, 0.29) is 29.6 Å². The Bertz CT molecular complexity index is 485. The van der Waals surface area contributed by atoms with E-state index in [9.17, 15) is 9.36 Å². The molecule has 6 nitrogen and oxygen atoms in total. The van der Waals surface area contributed by atoms with Gasteiger partial charge in [-0.15, -0.1) is 0 Å². The average Bonchev–Trinajstić information content (AvgIpc) is 2.35. The molecule has 106 valence electrons. The molecular formula is C12H18NO5P. The van der Waals surface area contributed by atoms with Gasteiger partial charge in [0.05, 0.1) is 0 Å². The predicted molar refractivity (Wildman–Crippen MR) is 71.5 cm³/mol. The number of rotatable bonds is 6. The van der Waals surface area contributed by atoms with Crippen molar-refractivity contribution in [3.05, 3.63) is 24.3 Å². The summed E-state index contributed by atoms with van der Waals surface area (Å²) in [4.78, 5) is 29.8. The van der Waals surface area contributed by atoms with E-state index in [2.05, 4.69) is 5.32 Å². The molecular weight excluding hydrogens is 269 g/mol. The van der Waals surface area contributed by atoms with Gasteiger partial charge in [0.15, 0.2) is 6.61 Å². The van der Waals surface area contributed by atoms with Crippen molar-refractivity contribution >= 4 is 18.8 Å². The van der Waals surface area contributed by atoms with Gasteiger partial charge in [0.1, 0.15) is 11.1 Å². The second kappa shape index (κ2) is 6.70. The summed E-state index contributed by atoms with van der Waals surface area (Å²) in [5.74, 6) is -0.301. The molecule has 0 aromatic heterocycles. The summed E-state index contributed by atoms with van der Waals surface area (Å²) in [5.41, 5.74) is 0. The van der Waals surface area contributed by atoms with Crippen molar-refractivity contribution in [2.75, 3.05) is 6.61 Å². The number of amides is 1. The van der Waals surface area contributed by atoms with Crippen LogP contribution in [-0.4, -0.2) is 28.3 Å². The lowest BCUT2D eigenvalue weighted by Crippen LogP contribution is -2.36. The number of hydrogen-bond donors (Lipinski definition) is 3. The normalized spacial score (nSPS) is 12.8. The van der Waals surface area contributed by atoms with Crippen LogP contribution >= 0.6 is 7.60 Å². The fraction of sp³-hybridized carbons (Fsp3) is 0.417. The molecule has 0 saturated heterocycles. The summed E-state index contributed by atoms with van der Waals surface area (Å²) in [6.45, 7) is 3.53. The highest BCUT2D eigenvalue weighted by atomic mass is 31.2. The number of carbonyl (C=O) groups excluding carboxylic acids is 1. The van der Waals surface area contributed by atoms with E-state index in [0.717, 1.165) is 6.42 Å². The summed E-state index contributed by atoms with van der Waals surface area (Å²) in [5, 5.41) is 2.48. The van der Waals surface area contributed by atoms with Crippen LogP contribution in [0.5, 0.6) is 5.75 Å². The molecule has 0 saturated carbocycles. The smallest absolute Gasteiger partial charge is 0.359 e. The van der Waals surface area contributed by atoms with Crippen LogP contribution in [0, 0.1) is 0 Å². The molecule has 0 aliphatic heterocycles. The lowest BCUT2D eigenvalue weighted by atomic mass is 10.2. The van der Waals surface area contributed by atoms with Crippen LogP contribution in [0.4, 0.5) is 0 Å². The van der Waals surface area contributed by atoms with Crippen LogP contribution < -0.4 is 15.4 Å². The third-order valence-electron chi connectivity index (χ3n) is 2.56. The fourth-order valence-corrected chi connectivity index (χ4v) is 2.09. The maximum atomic E-state index is 11.5. The van der Waals surface area contributed by atoms with Gasteiger partial charge in [0, 0.05) is 6.04 Å². The quantitative estimate of drug-likeness (QED) is 0.672. The van der Waals surface area contributed by atoms with Gasteiger partial charge >= 0.3 is 7.60 Å². The van der Waals surface area contributed by atoms with Crippen LogP contribution in [-0.2, 0) is 9.36 Å². The maximum absolute atomic E-state index is 11.5. The molecule has 0 fully saturated rings. The van der Waals surface area contributed by atoms with Crippen molar-refractivity contribution in [1.29, 1.82) is 0 Å². The monoisotopic (exact) mass is 287 g/mol. The minimum atomic E-state index is -4.41. The standard InChI is InChI=1S/C12H18NO5P/c1-3-9(2)13-12(14)8-18-10-6-4-5-7-11(10)19(15,16)17/h4-7,9H,3,8H2,1-2H3,(H,13,14)(H2,15,16,17)/t9-/m1/s1. The van der Waals surface area contributed by atoms with Crippen LogP contribution in [0.15, 0.2) is 24.3 Å². The zero-order valence-electron chi connectivity index (χ0n) is 10.9. The Morgan fingerprint density at radius 1 is 1.42 bits per heavy atom. The number of ether oxygens (including phenoxy) is 1. The number of benzene rings is 1.